The number of rotatable bonds is 2. The summed E-state index contributed by atoms with van der Waals surface area (Å²) >= 11 is 10.9. The summed E-state index contributed by atoms with van der Waals surface area (Å²) in [5.41, 5.74) is 4.93. The molecule has 0 saturated heterocycles. The molecule has 23 heavy (non-hydrogen) atoms. The molecule has 0 bridgehead atoms. The fraction of sp³-hybridized carbons (Fsp3) is 0.500. The third kappa shape index (κ3) is 4.78. The van der Waals surface area contributed by atoms with Gasteiger partial charge in [0, 0.05) is 11.1 Å². The quantitative estimate of drug-likeness (QED) is 0.561. The highest BCUT2D eigenvalue weighted by molar-refractivity contribution is 7.80. The van der Waals surface area contributed by atoms with Gasteiger partial charge in [-0.3, -0.25) is 15.6 Å². The van der Waals surface area contributed by atoms with Gasteiger partial charge in [-0.1, -0.05) is 38.3 Å². The Morgan fingerprint density at radius 2 is 2.04 bits per heavy atom. The zero-order valence-corrected chi connectivity index (χ0v) is 14.7. The van der Waals surface area contributed by atoms with Crippen molar-refractivity contribution in [3.8, 4) is 0 Å². The van der Waals surface area contributed by atoms with E-state index in [-0.39, 0.29) is 16.6 Å². The predicted octanol–water partition coefficient (Wildman–Crippen LogP) is 3.41. The van der Waals surface area contributed by atoms with Crippen LogP contribution in [-0.4, -0.2) is 17.1 Å². The number of hydrazine groups is 1. The highest BCUT2D eigenvalue weighted by Gasteiger charge is 2.27. The van der Waals surface area contributed by atoms with Gasteiger partial charge in [0.2, 0.25) is 0 Å². The average Bonchev–Trinajstić information content (AvgIpc) is 2.49. The van der Waals surface area contributed by atoms with Crippen molar-refractivity contribution in [3.63, 3.8) is 0 Å². The average molecular weight is 358 g/mol. The molecule has 0 heterocycles. The summed E-state index contributed by atoms with van der Waals surface area (Å²) in [7, 11) is 0. The first-order valence-corrected chi connectivity index (χ1v) is 8.49. The van der Waals surface area contributed by atoms with Crippen LogP contribution in [0.1, 0.15) is 43.5 Å². The van der Waals surface area contributed by atoms with Gasteiger partial charge in [0.05, 0.1) is 5.56 Å². The highest BCUT2D eigenvalue weighted by atomic mass is 35.5. The molecule has 1 aliphatic rings. The Morgan fingerprint density at radius 3 is 2.74 bits per heavy atom. The first kappa shape index (κ1) is 17.9. The Bertz CT molecular complexity index is 599. The second kappa shape index (κ2) is 7.93. The lowest BCUT2D eigenvalue weighted by Crippen LogP contribution is -2.52. The summed E-state index contributed by atoms with van der Waals surface area (Å²) < 4.78 is 13.7. The number of carbonyl (C=O) groups excluding carboxylic acids is 1. The molecule has 0 aliphatic heterocycles. The van der Waals surface area contributed by atoms with Crippen LogP contribution in [0, 0.1) is 17.7 Å². The maximum absolute atomic E-state index is 13.7. The van der Waals surface area contributed by atoms with E-state index in [1.54, 1.807) is 0 Å². The van der Waals surface area contributed by atoms with E-state index in [1.165, 1.54) is 18.6 Å². The second-order valence-corrected chi connectivity index (χ2v) is 6.90. The van der Waals surface area contributed by atoms with E-state index in [1.807, 2.05) is 0 Å². The SMILES string of the molecule is C[C@@H]1[C@H](C)CCC[C@H]1NC(=S)NNC(=O)c1ccc(Cl)cc1F. The normalized spacial score (nSPS) is 23.9. The van der Waals surface area contributed by atoms with Crippen LogP contribution >= 0.6 is 23.8 Å². The van der Waals surface area contributed by atoms with Crippen LogP contribution in [-0.2, 0) is 0 Å². The van der Waals surface area contributed by atoms with Gasteiger partial charge in [0.25, 0.3) is 5.91 Å². The fourth-order valence-electron chi connectivity index (χ4n) is 2.84. The molecule has 0 unspecified atom stereocenters. The van der Waals surface area contributed by atoms with Crippen LogP contribution < -0.4 is 16.2 Å². The van der Waals surface area contributed by atoms with Crippen molar-refractivity contribution in [2.45, 2.75) is 39.2 Å². The van der Waals surface area contributed by atoms with Crippen molar-refractivity contribution in [1.29, 1.82) is 0 Å². The number of benzene rings is 1. The number of hydrogen-bond donors (Lipinski definition) is 3. The minimum Gasteiger partial charge on any atom is -0.358 e. The van der Waals surface area contributed by atoms with E-state index in [0.29, 0.717) is 16.9 Å². The van der Waals surface area contributed by atoms with Crippen molar-refractivity contribution in [2.24, 2.45) is 11.8 Å². The van der Waals surface area contributed by atoms with Crippen LogP contribution in [0.15, 0.2) is 18.2 Å². The molecule has 1 amide bonds. The first-order valence-electron chi connectivity index (χ1n) is 7.70. The summed E-state index contributed by atoms with van der Waals surface area (Å²) in [6.45, 7) is 4.44. The zero-order chi connectivity index (χ0) is 17.0. The fourth-order valence-corrected chi connectivity index (χ4v) is 3.21. The summed E-state index contributed by atoms with van der Waals surface area (Å²) in [4.78, 5) is 11.9. The molecule has 3 N–H and O–H groups in total. The minimum absolute atomic E-state index is 0.0932. The molecule has 1 fully saturated rings. The molecule has 1 aromatic carbocycles. The van der Waals surface area contributed by atoms with E-state index in [4.69, 9.17) is 23.8 Å². The molecule has 0 spiro atoms. The van der Waals surface area contributed by atoms with E-state index in [0.717, 1.165) is 18.9 Å². The molecule has 4 nitrogen and oxygen atoms in total. The number of hydrogen-bond acceptors (Lipinski definition) is 2. The first-order chi connectivity index (χ1) is 10.9. The van der Waals surface area contributed by atoms with Gasteiger partial charge < -0.3 is 5.32 Å². The summed E-state index contributed by atoms with van der Waals surface area (Å²) in [6.07, 6.45) is 3.44. The highest BCUT2D eigenvalue weighted by Crippen LogP contribution is 2.29. The Kier molecular flexibility index (Phi) is 6.18. The van der Waals surface area contributed by atoms with Gasteiger partial charge in [-0.25, -0.2) is 4.39 Å². The minimum atomic E-state index is -0.676. The number of amides is 1. The van der Waals surface area contributed by atoms with Crippen LogP contribution in [0.3, 0.4) is 0 Å². The van der Waals surface area contributed by atoms with Gasteiger partial charge in [0.15, 0.2) is 5.11 Å². The Hall–Kier alpha value is -1.40. The van der Waals surface area contributed by atoms with Gasteiger partial charge in [0.1, 0.15) is 5.82 Å². The van der Waals surface area contributed by atoms with E-state index < -0.39 is 11.7 Å². The lowest BCUT2D eigenvalue weighted by molar-refractivity contribution is 0.0939. The molecule has 126 valence electrons. The van der Waals surface area contributed by atoms with Crippen molar-refractivity contribution >= 4 is 34.8 Å². The summed E-state index contributed by atoms with van der Waals surface area (Å²) in [5.74, 6) is -0.131. The van der Waals surface area contributed by atoms with Gasteiger partial charge in [-0.15, -0.1) is 0 Å². The maximum atomic E-state index is 13.7. The third-order valence-corrected chi connectivity index (χ3v) is 4.94. The molecule has 0 radical (unpaired) electrons. The smallest absolute Gasteiger partial charge is 0.272 e. The molecular formula is C16H21ClFN3OS. The van der Waals surface area contributed by atoms with Crippen LogP contribution in [0.4, 0.5) is 4.39 Å². The Labute approximate surface area is 146 Å². The predicted molar refractivity (Wildman–Crippen MR) is 93.7 cm³/mol. The molecule has 2 rings (SSSR count). The van der Waals surface area contributed by atoms with E-state index >= 15 is 0 Å². The molecular weight excluding hydrogens is 337 g/mol. The number of thiocarbonyl (C=S) groups is 1. The third-order valence-electron chi connectivity index (χ3n) is 4.49. The van der Waals surface area contributed by atoms with E-state index in [2.05, 4.69) is 30.0 Å². The van der Waals surface area contributed by atoms with E-state index in [9.17, 15) is 9.18 Å². The summed E-state index contributed by atoms with van der Waals surface area (Å²) in [5, 5.41) is 3.79. The molecule has 1 aromatic rings. The molecule has 1 aliphatic carbocycles. The number of nitrogens with one attached hydrogen (secondary N) is 3. The largest absolute Gasteiger partial charge is 0.358 e. The second-order valence-electron chi connectivity index (χ2n) is 6.05. The molecule has 0 aromatic heterocycles. The monoisotopic (exact) mass is 357 g/mol. The zero-order valence-electron chi connectivity index (χ0n) is 13.2. The van der Waals surface area contributed by atoms with Crippen molar-refractivity contribution < 1.29 is 9.18 Å². The van der Waals surface area contributed by atoms with Gasteiger partial charge in [-0.05, 0) is 48.7 Å². The standard InChI is InChI=1S/C16H21ClFN3OS/c1-9-4-3-5-14(10(9)2)19-16(23)21-20-15(22)12-7-6-11(17)8-13(12)18/h6-10,14H,3-5H2,1-2H3,(H,20,22)(H2,19,21,23)/t9-,10-,14-/m1/s1. The lowest BCUT2D eigenvalue weighted by atomic mass is 9.78. The Morgan fingerprint density at radius 1 is 1.30 bits per heavy atom. The maximum Gasteiger partial charge on any atom is 0.272 e. The Balaban J connectivity index is 1.85. The molecule has 3 atom stereocenters. The van der Waals surface area contributed by atoms with Gasteiger partial charge in [-0.2, -0.15) is 0 Å². The lowest BCUT2D eigenvalue weighted by Gasteiger charge is -2.35. The van der Waals surface area contributed by atoms with Crippen LogP contribution in [0.25, 0.3) is 0 Å². The molecule has 7 heteroatoms. The van der Waals surface area contributed by atoms with Crippen LogP contribution in [0.2, 0.25) is 5.02 Å². The summed E-state index contributed by atoms with van der Waals surface area (Å²) in [6, 6.07) is 4.16. The van der Waals surface area contributed by atoms with Gasteiger partial charge >= 0.3 is 0 Å². The number of carbonyl (C=O) groups is 1. The van der Waals surface area contributed by atoms with Crippen molar-refractivity contribution in [1.82, 2.24) is 16.2 Å². The van der Waals surface area contributed by atoms with Crippen molar-refractivity contribution in [2.75, 3.05) is 0 Å². The molecule has 1 saturated carbocycles. The van der Waals surface area contributed by atoms with Crippen molar-refractivity contribution in [3.05, 3.63) is 34.6 Å². The van der Waals surface area contributed by atoms with Crippen LogP contribution in [0.5, 0.6) is 0 Å². The number of halogens is 2. The topological polar surface area (TPSA) is 53.2 Å².